The number of aryl methyl sites for hydroxylation is 1. The molecule has 1 aromatic rings. The largest absolute Gasteiger partial charge is 0.350 e. The lowest BCUT2D eigenvalue weighted by molar-refractivity contribution is 0.0939. The maximum atomic E-state index is 13.2. The Kier molecular flexibility index (Phi) is 3.23. The molecule has 0 heterocycles. The van der Waals surface area contributed by atoms with Gasteiger partial charge in [0, 0.05) is 6.04 Å². The van der Waals surface area contributed by atoms with E-state index in [1.54, 1.807) is 12.1 Å². The second-order valence-electron chi connectivity index (χ2n) is 3.61. The first-order valence-electron chi connectivity index (χ1n) is 4.57. The van der Waals surface area contributed by atoms with Gasteiger partial charge in [0.05, 0.1) is 5.56 Å². The summed E-state index contributed by atoms with van der Waals surface area (Å²) < 4.78 is 13.2. The standard InChI is InChI=1S/C11H14FNO/c1-7(2)13-11(14)9-6-8(3)4-5-10(9)12/h4-7H,1-3H3,(H,13,14). The highest BCUT2D eigenvalue weighted by Gasteiger charge is 2.11. The van der Waals surface area contributed by atoms with Crippen LogP contribution in [0.5, 0.6) is 0 Å². The normalized spacial score (nSPS) is 10.4. The minimum absolute atomic E-state index is 0.0161. The number of benzene rings is 1. The highest BCUT2D eigenvalue weighted by molar-refractivity contribution is 5.94. The maximum Gasteiger partial charge on any atom is 0.254 e. The Morgan fingerprint density at radius 1 is 1.43 bits per heavy atom. The van der Waals surface area contributed by atoms with Crippen LogP contribution in [-0.4, -0.2) is 11.9 Å². The van der Waals surface area contributed by atoms with Gasteiger partial charge in [-0.3, -0.25) is 4.79 Å². The molecule has 1 amide bonds. The van der Waals surface area contributed by atoms with Gasteiger partial charge >= 0.3 is 0 Å². The summed E-state index contributed by atoms with van der Waals surface area (Å²) in [5.74, 6) is -0.838. The molecule has 0 saturated heterocycles. The lowest BCUT2D eigenvalue weighted by atomic mass is 10.1. The molecule has 14 heavy (non-hydrogen) atoms. The Bertz CT molecular complexity index is 347. The molecule has 1 rings (SSSR count). The first kappa shape index (κ1) is 10.7. The van der Waals surface area contributed by atoms with Crippen LogP contribution in [0, 0.1) is 12.7 Å². The molecule has 3 heteroatoms. The van der Waals surface area contributed by atoms with E-state index in [0.717, 1.165) is 5.56 Å². The summed E-state index contributed by atoms with van der Waals surface area (Å²) >= 11 is 0. The number of halogens is 1. The fourth-order valence-corrected chi connectivity index (χ4v) is 1.15. The van der Waals surface area contributed by atoms with Gasteiger partial charge in [-0.2, -0.15) is 0 Å². The van der Waals surface area contributed by atoms with E-state index in [4.69, 9.17) is 0 Å². The van der Waals surface area contributed by atoms with Gasteiger partial charge in [0.25, 0.3) is 5.91 Å². The Labute approximate surface area is 83.1 Å². The molecule has 0 radical (unpaired) electrons. The first-order valence-corrected chi connectivity index (χ1v) is 4.57. The second kappa shape index (κ2) is 4.22. The van der Waals surface area contributed by atoms with Crippen LogP contribution in [0.4, 0.5) is 4.39 Å². The summed E-state index contributed by atoms with van der Waals surface area (Å²) in [6, 6.07) is 4.52. The second-order valence-corrected chi connectivity index (χ2v) is 3.61. The van der Waals surface area contributed by atoms with Gasteiger partial charge in [-0.25, -0.2) is 4.39 Å². The molecule has 1 N–H and O–H groups in total. The van der Waals surface area contributed by atoms with Gasteiger partial charge in [-0.05, 0) is 32.9 Å². The number of nitrogens with one attached hydrogen (secondary N) is 1. The number of rotatable bonds is 2. The van der Waals surface area contributed by atoms with E-state index in [-0.39, 0.29) is 17.5 Å². The molecule has 0 fully saturated rings. The van der Waals surface area contributed by atoms with Crippen molar-refractivity contribution in [2.45, 2.75) is 26.8 Å². The first-order chi connectivity index (χ1) is 6.50. The molecule has 1 aromatic carbocycles. The molecule has 0 aromatic heterocycles. The van der Waals surface area contributed by atoms with Crippen molar-refractivity contribution in [3.63, 3.8) is 0 Å². The smallest absolute Gasteiger partial charge is 0.254 e. The van der Waals surface area contributed by atoms with Gasteiger partial charge in [0.1, 0.15) is 5.82 Å². The third-order valence-corrected chi connectivity index (χ3v) is 1.79. The van der Waals surface area contributed by atoms with Crippen LogP contribution < -0.4 is 5.32 Å². The van der Waals surface area contributed by atoms with E-state index in [1.165, 1.54) is 6.07 Å². The number of hydrogen-bond donors (Lipinski definition) is 1. The summed E-state index contributed by atoms with van der Waals surface area (Å²) in [5, 5.41) is 2.65. The average molecular weight is 195 g/mol. The average Bonchev–Trinajstić information content (AvgIpc) is 2.08. The van der Waals surface area contributed by atoms with Crippen LogP contribution in [0.2, 0.25) is 0 Å². The molecule has 0 aliphatic carbocycles. The van der Waals surface area contributed by atoms with Crippen LogP contribution in [0.15, 0.2) is 18.2 Å². The zero-order valence-corrected chi connectivity index (χ0v) is 8.60. The summed E-state index contributed by atoms with van der Waals surface area (Å²) in [6.45, 7) is 5.50. The highest BCUT2D eigenvalue weighted by Crippen LogP contribution is 2.09. The van der Waals surface area contributed by atoms with Crippen LogP contribution >= 0.6 is 0 Å². The molecule has 0 atom stereocenters. The van der Waals surface area contributed by atoms with Crippen LogP contribution in [0.3, 0.4) is 0 Å². The van der Waals surface area contributed by atoms with Gasteiger partial charge in [0.2, 0.25) is 0 Å². The molecular weight excluding hydrogens is 181 g/mol. The summed E-state index contributed by atoms with van der Waals surface area (Å²) in [7, 11) is 0. The molecule has 0 bridgehead atoms. The molecular formula is C11H14FNO. The minimum atomic E-state index is -0.478. The monoisotopic (exact) mass is 195 g/mol. The quantitative estimate of drug-likeness (QED) is 0.770. The van der Waals surface area contributed by atoms with E-state index in [9.17, 15) is 9.18 Å². The topological polar surface area (TPSA) is 29.1 Å². The van der Waals surface area contributed by atoms with Crippen molar-refractivity contribution >= 4 is 5.91 Å². The van der Waals surface area contributed by atoms with E-state index in [2.05, 4.69) is 5.32 Å². The van der Waals surface area contributed by atoms with Crippen LogP contribution in [-0.2, 0) is 0 Å². The van der Waals surface area contributed by atoms with Crippen molar-refractivity contribution < 1.29 is 9.18 Å². The predicted molar refractivity (Wildman–Crippen MR) is 53.7 cm³/mol. The van der Waals surface area contributed by atoms with Gasteiger partial charge in [-0.1, -0.05) is 11.6 Å². The van der Waals surface area contributed by atoms with Crippen molar-refractivity contribution in [3.8, 4) is 0 Å². The Hall–Kier alpha value is -1.38. The summed E-state index contributed by atoms with van der Waals surface area (Å²) in [4.78, 5) is 11.5. The summed E-state index contributed by atoms with van der Waals surface area (Å²) in [6.07, 6.45) is 0. The molecule has 0 saturated carbocycles. The van der Waals surface area contributed by atoms with Crippen molar-refractivity contribution in [1.82, 2.24) is 5.32 Å². The zero-order chi connectivity index (χ0) is 10.7. The number of amides is 1. The van der Waals surface area contributed by atoms with Gasteiger partial charge in [-0.15, -0.1) is 0 Å². The molecule has 0 unspecified atom stereocenters. The zero-order valence-electron chi connectivity index (χ0n) is 8.60. The fourth-order valence-electron chi connectivity index (χ4n) is 1.15. The molecule has 0 spiro atoms. The molecule has 0 aliphatic heterocycles. The lowest BCUT2D eigenvalue weighted by Gasteiger charge is -2.09. The third-order valence-electron chi connectivity index (χ3n) is 1.79. The Morgan fingerprint density at radius 3 is 2.64 bits per heavy atom. The number of carbonyl (C=O) groups is 1. The fraction of sp³-hybridized carbons (Fsp3) is 0.364. The molecule has 76 valence electrons. The van der Waals surface area contributed by atoms with Crippen LogP contribution in [0.25, 0.3) is 0 Å². The van der Waals surface area contributed by atoms with E-state index in [1.807, 2.05) is 20.8 Å². The van der Waals surface area contributed by atoms with Crippen LogP contribution in [0.1, 0.15) is 29.8 Å². The molecule has 0 aliphatic rings. The van der Waals surface area contributed by atoms with Crippen molar-refractivity contribution in [2.24, 2.45) is 0 Å². The predicted octanol–water partition coefficient (Wildman–Crippen LogP) is 2.27. The van der Waals surface area contributed by atoms with E-state index in [0.29, 0.717) is 0 Å². The van der Waals surface area contributed by atoms with Crippen molar-refractivity contribution in [2.75, 3.05) is 0 Å². The van der Waals surface area contributed by atoms with Gasteiger partial charge in [0.15, 0.2) is 0 Å². The van der Waals surface area contributed by atoms with Crippen molar-refractivity contribution in [3.05, 3.63) is 35.1 Å². The van der Waals surface area contributed by atoms with E-state index >= 15 is 0 Å². The summed E-state index contributed by atoms with van der Waals surface area (Å²) in [5.41, 5.74) is 0.985. The minimum Gasteiger partial charge on any atom is -0.350 e. The Morgan fingerprint density at radius 2 is 2.07 bits per heavy atom. The molecule has 2 nitrogen and oxygen atoms in total. The van der Waals surface area contributed by atoms with Crippen molar-refractivity contribution in [1.29, 1.82) is 0 Å². The van der Waals surface area contributed by atoms with Gasteiger partial charge < -0.3 is 5.32 Å². The highest BCUT2D eigenvalue weighted by atomic mass is 19.1. The number of carbonyl (C=O) groups excluding carboxylic acids is 1. The lowest BCUT2D eigenvalue weighted by Crippen LogP contribution is -2.30. The number of hydrogen-bond acceptors (Lipinski definition) is 1. The Balaban J connectivity index is 2.94. The SMILES string of the molecule is Cc1ccc(F)c(C(=O)NC(C)C)c1. The third kappa shape index (κ3) is 2.55. The maximum absolute atomic E-state index is 13.2. The van der Waals surface area contributed by atoms with E-state index < -0.39 is 5.82 Å².